The van der Waals surface area contributed by atoms with Crippen LogP contribution in [0.15, 0.2) is 35.1 Å². The molecule has 0 radical (unpaired) electrons. The van der Waals surface area contributed by atoms with Crippen LogP contribution < -0.4 is 11.0 Å². The van der Waals surface area contributed by atoms with Crippen molar-refractivity contribution >= 4 is 39.2 Å². The summed E-state index contributed by atoms with van der Waals surface area (Å²) in [5, 5.41) is 3.30. The van der Waals surface area contributed by atoms with Crippen LogP contribution in [0.3, 0.4) is 0 Å². The maximum Gasteiger partial charge on any atom is 0.348 e. The van der Waals surface area contributed by atoms with E-state index in [1.54, 1.807) is 33.0 Å². The number of aryl methyl sites for hydroxylation is 2. The standard InChI is InChI=1S/C18H19N3O4S/c1-4-25-17(23)16-11(2)9-15(26-16)19-14(22)10-21-13-8-6-5-7-12(13)20(3)18(21)24/h5-9H,4,10H2,1-3H3,(H,19,22). The summed E-state index contributed by atoms with van der Waals surface area (Å²) in [6.45, 7) is 3.72. The van der Waals surface area contributed by atoms with E-state index in [-0.39, 0.29) is 18.1 Å². The molecule has 8 heteroatoms. The first-order chi connectivity index (χ1) is 12.4. The van der Waals surface area contributed by atoms with Gasteiger partial charge >= 0.3 is 11.7 Å². The lowest BCUT2D eigenvalue weighted by atomic mass is 10.3. The van der Waals surface area contributed by atoms with Gasteiger partial charge in [-0.05, 0) is 37.6 Å². The van der Waals surface area contributed by atoms with Crippen LogP contribution in [0.1, 0.15) is 22.2 Å². The average molecular weight is 373 g/mol. The number of esters is 1. The lowest BCUT2D eigenvalue weighted by Gasteiger charge is -2.04. The van der Waals surface area contributed by atoms with Crippen molar-refractivity contribution in [3.8, 4) is 0 Å². The minimum Gasteiger partial charge on any atom is -0.462 e. The molecule has 0 aliphatic carbocycles. The number of ether oxygens (including phenoxy) is 1. The van der Waals surface area contributed by atoms with E-state index in [1.165, 1.54) is 9.13 Å². The van der Waals surface area contributed by atoms with Crippen molar-refractivity contribution in [3.63, 3.8) is 0 Å². The number of amides is 1. The molecule has 2 heterocycles. The number of aromatic nitrogens is 2. The number of benzene rings is 1. The third kappa shape index (κ3) is 3.28. The highest BCUT2D eigenvalue weighted by atomic mass is 32.1. The Hall–Kier alpha value is -2.87. The fourth-order valence-electron chi connectivity index (χ4n) is 2.78. The SMILES string of the molecule is CCOC(=O)c1sc(NC(=O)Cn2c(=O)n(C)c3ccccc32)cc1C. The van der Waals surface area contributed by atoms with Gasteiger partial charge in [0.1, 0.15) is 11.4 Å². The van der Waals surface area contributed by atoms with E-state index >= 15 is 0 Å². The molecule has 0 unspecified atom stereocenters. The minimum absolute atomic E-state index is 0.105. The van der Waals surface area contributed by atoms with Crippen LogP contribution in [-0.4, -0.2) is 27.6 Å². The molecule has 3 aromatic rings. The van der Waals surface area contributed by atoms with E-state index in [2.05, 4.69) is 5.32 Å². The van der Waals surface area contributed by atoms with Crippen LogP contribution in [0, 0.1) is 6.92 Å². The summed E-state index contributed by atoms with van der Waals surface area (Å²) in [4.78, 5) is 37.1. The molecule has 3 rings (SSSR count). The number of carbonyl (C=O) groups is 2. The highest BCUT2D eigenvalue weighted by molar-refractivity contribution is 7.18. The van der Waals surface area contributed by atoms with Gasteiger partial charge in [0, 0.05) is 7.05 Å². The molecule has 1 amide bonds. The Labute approximate surface area is 153 Å². The molecule has 2 aromatic heterocycles. The molecule has 1 N–H and O–H groups in total. The molecular weight excluding hydrogens is 354 g/mol. The Balaban J connectivity index is 1.81. The Morgan fingerprint density at radius 2 is 1.92 bits per heavy atom. The molecule has 0 bridgehead atoms. The number of hydrogen-bond acceptors (Lipinski definition) is 5. The van der Waals surface area contributed by atoms with Crippen molar-refractivity contribution in [2.24, 2.45) is 7.05 Å². The first-order valence-corrected chi connectivity index (χ1v) is 8.95. The molecule has 0 spiro atoms. The maximum atomic E-state index is 12.4. The van der Waals surface area contributed by atoms with Gasteiger partial charge in [-0.15, -0.1) is 11.3 Å². The quantitative estimate of drug-likeness (QED) is 0.697. The van der Waals surface area contributed by atoms with Crippen LogP contribution in [0.4, 0.5) is 5.00 Å². The summed E-state index contributed by atoms with van der Waals surface area (Å²) in [6.07, 6.45) is 0. The van der Waals surface area contributed by atoms with Crippen LogP contribution in [0.2, 0.25) is 0 Å². The topological polar surface area (TPSA) is 82.3 Å². The number of rotatable bonds is 5. The van der Waals surface area contributed by atoms with Gasteiger partial charge in [0.05, 0.1) is 22.6 Å². The first-order valence-electron chi connectivity index (χ1n) is 8.14. The number of hydrogen-bond donors (Lipinski definition) is 1. The Bertz CT molecular complexity index is 1040. The highest BCUT2D eigenvalue weighted by Crippen LogP contribution is 2.27. The summed E-state index contributed by atoms with van der Waals surface area (Å²) in [5.74, 6) is -0.735. The van der Waals surface area contributed by atoms with Crippen LogP contribution in [0.5, 0.6) is 0 Å². The van der Waals surface area contributed by atoms with Crippen molar-refractivity contribution in [2.75, 3.05) is 11.9 Å². The van der Waals surface area contributed by atoms with Gasteiger partial charge in [0.25, 0.3) is 0 Å². The zero-order valence-electron chi connectivity index (χ0n) is 14.7. The Kier molecular flexibility index (Phi) is 4.94. The van der Waals surface area contributed by atoms with E-state index in [1.807, 2.05) is 18.2 Å². The Morgan fingerprint density at radius 3 is 2.62 bits per heavy atom. The van der Waals surface area contributed by atoms with Crippen molar-refractivity contribution in [3.05, 3.63) is 51.3 Å². The zero-order chi connectivity index (χ0) is 18.8. The predicted molar refractivity (Wildman–Crippen MR) is 101 cm³/mol. The number of para-hydroxylation sites is 2. The normalized spacial score (nSPS) is 10.9. The molecule has 0 atom stereocenters. The summed E-state index contributed by atoms with van der Waals surface area (Å²) < 4.78 is 7.94. The Morgan fingerprint density at radius 1 is 1.23 bits per heavy atom. The second-order valence-corrected chi connectivity index (χ2v) is 6.86. The van der Waals surface area contributed by atoms with Gasteiger partial charge in [-0.25, -0.2) is 9.59 Å². The summed E-state index contributed by atoms with van der Waals surface area (Å²) in [5.41, 5.74) is 1.95. The number of thiophene rings is 1. The van der Waals surface area contributed by atoms with E-state index < -0.39 is 5.97 Å². The molecule has 26 heavy (non-hydrogen) atoms. The fourth-order valence-corrected chi connectivity index (χ4v) is 3.76. The molecule has 1 aromatic carbocycles. The van der Waals surface area contributed by atoms with Gasteiger partial charge in [-0.1, -0.05) is 12.1 Å². The highest BCUT2D eigenvalue weighted by Gasteiger charge is 2.17. The summed E-state index contributed by atoms with van der Waals surface area (Å²) in [6, 6.07) is 9.03. The predicted octanol–water partition coefficient (Wildman–Crippen LogP) is 2.53. The molecular formula is C18H19N3O4S. The second kappa shape index (κ2) is 7.17. The zero-order valence-corrected chi connectivity index (χ0v) is 15.6. The monoisotopic (exact) mass is 373 g/mol. The molecule has 0 fully saturated rings. The lowest BCUT2D eigenvalue weighted by Crippen LogP contribution is -2.28. The van der Waals surface area contributed by atoms with Crippen molar-refractivity contribution in [2.45, 2.75) is 20.4 Å². The summed E-state index contributed by atoms with van der Waals surface area (Å²) >= 11 is 1.16. The molecule has 7 nitrogen and oxygen atoms in total. The molecule has 0 aliphatic rings. The van der Waals surface area contributed by atoms with E-state index in [0.717, 1.165) is 22.4 Å². The van der Waals surface area contributed by atoms with Crippen molar-refractivity contribution < 1.29 is 14.3 Å². The molecule has 0 saturated heterocycles. The first kappa shape index (κ1) is 17.9. The van der Waals surface area contributed by atoms with Crippen molar-refractivity contribution in [1.82, 2.24) is 9.13 Å². The number of nitrogens with one attached hydrogen (secondary N) is 1. The maximum absolute atomic E-state index is 12.4. The number of fused-ring (bicyclic) bond motifs is 1. The third-order valence-electron chi connectivity index (χ3n) is 3.99. The van der Waals surface area contributed by atoms with Gasteiger partial charge < -0.3 is 10.1 Å². The van der Waals surface area contributed by atoms with Gasteiger partial charge in [0.2, 0.25) is 5.91 Å². The number of nitrogens with zero attached hydrogens (tertiary/aromatic N) is 2. The van der Waals surface area contributed by atoms with Gasteiger partial charge in [-0.3, -0.25) is 13.9 Å². The average Bonchev–Trinajstić information content (AvgIpc) is 3.08. The molecule has 0 aliphatic heterocycles. The third-order valence-corrected chi connectivity index (χ3v) is 5.13. The smallest absolute Gasteiger partial charge is 0.348 e. The van der Waals surface area contributed by atoms with E-state index in [9.17, 15) is 14.4 Å². The van der Waals surface area contributed by atoms with Crippen molar-refractivity contribution in [1.29, 1.82) is 0 Å². The number of carbonyl (C=O) groups excluding carboxylic acids is 2. The van der Waals surface area contributed by atoms with E-state index in [4.69, 9.17) is 4.74 Å². The fraction of sp³-hybridized carbons (Fsp3) is 0.278. The van der Waals surface area contributed by atoms with Crippen LogP contribution in [0.25, 0.3) is 11.0 Å². The van der Waals surface area contributed by atoms with Crippen LogP contribution >= 0.6 is 11.3 Å². The minimum atomic E-state index is -0.402. The summed E-state index contributed by atoms with van der Waals surface area (Å²) in [7, 11) is 1.67. The second-order valence-electron chi connectivity index (χ2n) is 5.81. The largest absolute Gasteiger partial charge is 0.462 e. The van der Waals surface area contributed by atoms with E-state index in [0.29, 0.717) is 22.0 Å². The van der Waals surface area contributed by atoms with Gasteiger partial charge in [0.15, 0.2) is 0 Å². The van der Waals surface area contributed by atoms with Crippen LogP contribution in [-0.2, 0) is 23.1 Å². The molecule has 136 valence electrons. The molecule has 0 saturated carbocycles. The number of imidazole rings is 1. The van der Waals surface area contributed by atoms with Gasteiger partial charge in [-0.2, -0.15) is 0 Å². The lowest BCUT2D eigenvalue weighted by molar-refractivity contribution is -0.116. The number of anilines is 1.